The van der Waals surface area contributed by atoms with E-state index in [0.29, 0.717) is 5.02 Å². The van der Waals surface area contributed by atoms with Crippen molar-refractivity contribution in [2.45, 2.75) is 30.3 Å². The van der Waals surface area contributed by atoms with Gasteiger partial charge in [0.15, 0.2) is 0 Å². The van der Waals surface area contributed by atoms with E-state index in [-0.39, 0.29) is 29.9 Å². The van der Waals surface area contributed by atoms with Crippen molar-refractivity contribution in [3.8, 4) is 0 Å². The van der Waals surface area contributed by atoms with Gasteiger partial charge < -0.3 is 14.8 Å². The summed E-state index contributed by atoms with van der Waals surface area (Å²) >= 11 is 7.09. The van der Waals surface area contributed by atoms with Crippen LogP contribution in [0.1, 0.15) is 14.3 Å². The maximum atomic E-state index is 12.7. The van der Waals surface area contributed by atoms with E-state index in [1.165, 1.54) is 6.33 Å². The Labute approximate surface area is 213 Å². The van der Waals surface area contributed by atoms with E-state index in [0.717, 1.165) is 54.1 Å². The van der Waals surface area contributed by atoms with Gasteiger partial charge in [0.1, 0.15) is 12.9 Å². The molecule has 1 fully saturated rings. The van der Waals surface area contributed by atoms with Gasteiger partial charge in [0.05, 0.1) is 4.90 Å². The molecule has 2 aromatic carbocycles. The third-order valence-electron chi connectivity index (χ3n) is 6.01. The SMILES string of the molecule is O=C(Cn1ccc2ccc(Cl)cc21)NC1CCN(c2ccc(S(=O)(=O)Nc3ncns3)cc2)CC1.[HH]. The number of fused-ring (bicyclic) bond motifs is 1. The summed E-state index contributed by atoms with van der Waals surface area (Å²) in [7, 11) is -3.71. The highest BCUT2D eigenvalue weighted by Crippen LogP contribution is 2.24. The summed E-state index contributed by atoms with van der Waals surface area (Å²) in [5, 5.41) is 5.06. The van der Waals surface area contributed by atoms with Gasteiger partial charge in [0, 0.05) is 54.5 Å². The standard InChI is InChI=1S/C23H23ClN6O3S2.H2/c24-17-2-1-16-7-10-30(21(16)13-17)14-22(31)27-18-8-11-29(12-9-18)19-3-5-20(6-4-19)35(32,33)28-23-25-15-26-34-23;/h1-7,10,13,15,18H,8-9,11-12,14H2,(H,27,31)(H,25,26,28);1H. The third kappa shape index (κ3) is 5.42. The molecule has 0 atom stereocenters. The van der Waals surface area contributed by atoms with Crippen molar-refractivity contribution in [2.24, 2.45) is 0 Å². The second-order valence-electron chi connectivity index (χ2n) is 8.32. The Morgan fingerprint density at radius 2 is 1.91 bits per heavy atom. The number of nitrogens with zero attached hydrogens (tertiary/aromatic N) is 4. The molecule has 0 spiro atoms. The number of anilines is 2. The van der Waals surface area contributed by atoms with E-state index >= 15 is 0 Å². The quantitative estimate of drug-likeness (QED) is 0.372. The topological polar surface area (TPSA) is 109 Å². The van der Waals surface area contributed by atoms with Crippen molar-refractivity contribution >= 4 is 60.8 Å². The van der Waals surface area contributed by atoms with Gasteiger partial charge in [-0.25, -0.2) is 13.4 Å². The monoisotopic (exact) mass is 532 g/mol. The number of sulfonamides is 1. The highest BCUT2D eigenvalue weighted by Gasteiger charge is 2.22. The minimum atomic E-state index is -3.71. The lowest BCUT2D eigenvalue weighted by Crippen LogP contribution is -2.45. The molecule has 1 saturated heterocycles. The van der Waals surface area contributed by atoms with Crippen molar-refractivity contribution in [1.29, 1.82) is 0 Å². The normalized spacial score (nSPS) is 14.8. The Morgan fingerprint density at radius 3 is 2.63 bits per heavy atom. The highest BCUT2D eigenvalue weighted by atomic mass is 35.5. The Morgan fingerprint density at radius 1 is 1.14 bits per heavy atom. The molecule has 1 amide bonds. The molecule has 2 N–H and O–H groups in total. The zero-order chi connectivity index (χ0) is 24.4. The van der Waals surface area contributed by atoms with E-state index in [4.69, 9.17) is 11.6 Å². The molecule has 35 heavy (non-hydrogen) atoms. The average molecular weight is 533 g/mol. The molecular formula is C23H25ClN6O3S2. The van der Waals surface area contributed by atoms with Crippen molar-refractivity contribution in [2.75, 3.05) is 22.7 Å². The minimum absolute atomic E-state index is 0. The van der Waals surface area contributed by atoms with E-state index < -0.39 is 10.0 Å². The predicted molar refractivity (Wildman–Crippen MR) is 140 cm³/mol. The van der Waals surface area contributed by atoms with Crippen molar-refractivity contribution in [3.05, 3.63) is 66.1 Å². The number of amides is 1. The van der Waals surface area contributed by atoms with Crippen LogP contribution < -0.4 is 14.9 Å². The molecule has 0 radical (unpaired) electrons. The first-order chi connectivity index (χ1) is 16.9. The van der Waals surface area contributed by atoms with Gasteiger partial charge in [0.2, 0.25) is 11.0 Å². The van der Waals surface area contributed by atoms with Gasteiger partial charge >= 0.3 is 0 Å². The Balaban J connectivity index is 0.00000304. The van der Waals surface area contributed by atoms with E-state index in [9.17, 15) is 13.2 Å². The van der Waals surface area contributed by atoms with Crippen LogP contribution >= 0.6 is 23.1 Å². The fraction of sp³-hybridized carbons (Fsp3) is 0.261. The largest absolute Gasteiger partial charge is 0.371 e. The van der Waals surface area contributed by atoms with E-state index in [1.807, 2.05) is 35.0 Å². The number of rotatable bonds is 7. The lowest BCUT2D eigenvalue weighted by molar-refractivity contribution is -0.122. The number of hydrogen-bond donors (Lipinski definition) is 2. The first-order valence-corrected chi connectivity index (χ1v) is 13.7. The average Bonchev–Trinajstić information content (AvgIpc) is 3.49. The van der Waals surface area contributed by atoms with Crippen LogP contribution in [0.15, 0.2) is 66.0 Å². The smallest absolute Gasteiger partial charge is 0.263 e. The molecule has 1 aliphatic heterocycles. The fourth-order valence-electron chi connectivity index (χ4n) is 4.23. The van der Waals surface area contributed by atoms with Crippen LogP contribution in [0.4, 0.5) is 10.8 Å². The van der Waals surface area contributed by atoms with Crippen LogP contribution in [0.3, 0.4) is 0 Å². The first kappa shape index (κ1) is 23.6. The van der Waals surface area contributed by atoms with Gasteiger partial charge in [-0.15, -0.1) is 0 Å². The highest BCUT2D eigenvalue weighted by molar-refractivity contribution is 7.93. The van der Waals surface area contributed by atoms with Gasteiger partial charge in [0.25, 0.3) is 10.0 Å². The third-order valence-corrected chi connectivity index (χ3v) is 8.30. The number of nitrogens with one attached hydrogen (secondary N) is 2. The van der Waals surface area contributed by atoms with Crippen molar-refractivity contribution in [1.82, 2.24) is 19.2 Å². The molecular weight excluding hydrogens is 508 g/mol. The van der Waals surface area contributed by atoms with Crippen LogP contribution in [0.2, 0.25) is 5.02 Å². The lowest BCUT2D eigenvalue weighted by Gasteiger charge is -2.34. The molecule has 9 nitrogen and oxygen atoms in total. The number of hydrogen-bond acceptors (Lipinski definition) is 7. The second-order valence-corrected chi connectivity index (χ2v) is 11.2. The number of benzene rings is 2. The van der Waals surface area contributed by atoms with Gasteiger partial charge in [-0.05, 0) is 60.7 Å². The van der Waals surface area contributed by atoms with Crippen molar-refractivity contribution in [3.63, 3.8) is 0 Å². The van der Waals surface area contributed by atoms with Crippen molar-refractivity contribution < 1.29 is 14.6 Å². The molecule has 12 heteroatoms. The second kappa shape index (κ2) is 9.84. The molecule has 2 aromatic heterocycles. The number of carbonyl (C=O) groups is 1. The van der Waals surface area contributed by atoms with Crippen LogP contribution in [0.25, 0.3) is 10.9 Å². The maximum Gasteiger partial charge on any atom is 0.263 e. The summed E-state index contributed by atoms with van der Waals surface area (Å²) in [6.45, 7) is 1.77. The molecule has 5 rings (SSSR count). The number of halogens is 1. The van der Waals surface area contributed by atoms with Crippen LogP contribution in [-0.2, 0) is 21.4 Å². The zero-order valence-electron chi connectivity index (χ0n) is 18.6. The molecule has 1 aliphatic rings. The summed E-state index contributed by atoms with van der Waals surface area (Å²) < 4.78 is 33.1. The summed E-state index contributed by atoms with van der Waals surface area (Å²) in [5.74, 6) is -0.0292. The van der Waals surface area contributed by atoms with E-state index in [1.54, 1.807) is 24.3 Å². The molecule has 0 bridgehead atoms. The molecule has 0 saturated carbocycles. The van der Waals surface area contributed by atoms with Gasteiger partial charge in [-0.2, -0.15) is 4.37 Å². The van der Waals surface area contributed by atoms with E-state index in [2.05, 4.69) is 24.3 Å². The van der Waals surface area contributed by atoms with Crippen LogP contribution in [-0.4, -0.2) is 47.4 Å². The maximum absolute atomic E-state index is 12.7. The number of aromatic nitrogens is 3. The summed E-state index contributed by atoms with van der Waals surface area (Å²) in [6, 6.07) is 14.5. The van der Waals surface area contributed by atoms with Crippen LogP contribution in [0.5, 0.6) is 0 Å². The van der Waals surface area contributed by atoms with Crippen LogP contribution in [0, 0.1) is 0 Å². The molecule has 0 unspecified atom stereocenters. The summed E-state index contributed by atoms with van der Waals surface area (Å²) in [6.07, 6.45) is 4.82. The van der Waals surface area contributed by atoms with Gasteiger partial charge in [-0.1, -0.05) is 17.7 Å². The Kier molecular flexibility index (Phi) is 6.63. The Hall–Kier alpha value is -3.15. The molecule has 0 aliphatic carbocycles. The molecule has 184 valence electrons. The molecule has 3 heterocycles. The van der Waals surface area contributed by atoms with Gasteiger partial charge in [-0.3, -0.25) is 9.52 Å². The lowest BCUT2D eigenvalue weighted by atomic mass is 10.0. The summed E-state index contributed by atoms with van der Waals surface area (Å²) in [5.41, 5.74) is 1.88. The predicted octanol–water partition coefficient (Wildman–Crippen LogP) is 3.98. The fourth-order valence-corrected chi connectivity index (χ4v) is 6.06. The number of piperidine rings is 1. The minimum Gasteiger partial charge on any atom is -0.371 e. The zero-order valence-corrected chi connectivity index (χ0v) is 21.0. The number of carbonyl (C=O) groups excluding carboxylic acids is 1. The molecule has 4 aromatic rings. The first-order valence-electron chi connectivity index (χ1n) is 11.1. The Bertz CT molecular complexity index is 1440. The summed E-state index contributed by atoms with van der Waals surface area (Å²) in [4.78, 5) is 18.9.